The molecule has 104 valence electrons. The van der Waals surface area contributed by atoms with Crippen LogP contribution < -0.4 is 10.1 Å². The first-order valence-corrected chi connectivity index (χ1v) is 7.13. The van der Waals surface area contributed by atoms with Crippen LogP contribution in [0.1, 0.15) is 37.9 Å². The quantitative estimate of drug-likeness (QED) is 0.819. The van der Waals surface area contributed by atoms with Gasteiger partial charge in [-0.05, 0) is 28.7 Å². The average Bonchev–Trinajstić information content (AvgIpc) is 2.46. The van der Waals surface area contributed by atoms with E-state index in [1.54, 1.807) is 0 Å². The molecule has 0 bridgehead atoms. The molecule has 0 aromatic heterocycles. The van der Waals surface area contributed by atoms with Crippen molar-refractivity contribution in [1.29, 1.82) is 0 Å². The molecular weight excluding hydrogens is 246 g/mol. The van der Waals surface area contributed by atoms with Crippen LogP contribution in [0.3, 0.4) is 0 Å². The van der Waals surface area contributed by atoms with E-state index in [4.69, 9.17) is 4.74 Å². The Morgan fingerprint density at radius 1 is 1.05 bits per heavy atom. The van der Waals surface area contributed by atoms with Gasteiger partial charge >= 0.3 is 0 Å². The molecule has 0 aliphatic carbocycles. The largest absolute Gasteiger partial charge is 0.489 e. The van der Waals surface area contributed by atoms with Crippen molar-refractivity contribution < 1.29 is 4.74 Å². The van der Waals surface area contributed by atoms with Crippen LogP contribution in [0.15, 0.2) is 48.5 Å². The Hall–Kier alpha value is -1.96. The molecule has 0 saturated heterocycles. The second-order valence-corrected chi connectivity index (χ2v) is 6.38. The van der Waals surface area contributed by atoms with Gasteiger partial charge in [-0.1, -0.05) is 57.2 Å². The Kier molecular flexibility index (Phi) is 3.17. The number of ether oxygens (including phenoxy) is 1. The predicted molar refractivity (Wildman–Crippen MR) is 83.4 cm³/mol. The molecule has 2 aromatic rings. The van der Waals surface area contributed by atoms with Gasteiger partial charge in [0.05, 0.1) is 11.7 Å². The molecular formula is C18H21NO. The maximum absolute atomic E-state index is 5.90. The Balaban J connectivity index is 1.90. The second kappa shape index (κ2) is 4.86. The molecule has 0 unspecified atom stereocenters. The van der Waals surface area contributed by atoms with Gasteiger partial charge in [0, 0.05) is 0 Å². The zero-order valence-electron chi connectivity index (χ0n) is 12.3. The number of benzene rings is 2. The number of hydrogen-bond donors (Lipinski definition) is 1. The van der Waals surface area contributed by atoms with Crippen molar-refractivity contribution in [1.82, 2.24) is 0 Å². The molecule has 0 amide bonds. The molecule has 0 spiro atoms. The zero-order valence-corrected chi connectivity index (χ0v) is 12.3. The molecule has 0 fully saturated rings. The zero-order chi connectivity index (χ0) is 14.2. The number of rotatable bonds is 1. The van der Waals surface area contributed by atoms with E-state index in [1.807, 2.05) is 6.07 Å². The summed E-state index contributed by atoms with van der Waals surface area (Å²) in [6.45, 7) is 7.36. The molecule has 2 nitrogen and oxygen atoms in total. The minimum Gasteiger partial charge on any atom is -0.489 e. The van der Waals surface area contributed by atoms with Crippen LogP contribution >= 0.6 is 0 Å². The van der Waals surface area contributed by atoms with Gasteiger partial charge in [0.25, 0.3) is 0 Å². The van der Waals surface area contributed by atoms with E-state index in [9.17, 15) is 0 Å². The van der Waals surface area contributed by atoms with Gasteiger partial charge in [-0.25, -0.2) is 0 Å². The summed E-state index contributed by atoms with van der Waals surface area (Å²) in [5.41, 5.74) is 3.83. The first-order valence-electron chi connectivity index (χ1n) is 7.13. The summed E-state index contributed by atoms with van der Waals surface area (Å²) in [5.74, 6) is 0.949. The lowest BCUT2D eigenvalue weighted by atomic mass is 9.86. The molecule has 2 heteroatoms. The monoisotopic (exact) mass is 267 g/mol. The van der Waals surface area contributed by atoms with Crippen molar-refractivity contribution >= 4 is 5.69 Å². The van der Waals surface area contributed by atoms with Crippen LogP contribution in [-0.4, -0.2) is 6.61 Å². The van der Waals surface area contributed by atoms with Crippen molar-refractivity contribution in [3.05, 3.63) is 59.7 Å². The van der Waals surface area contributed by atoms with Gasteiger partial charge in [-0.2, -0.15) is 0 Å². The normalized spacial score (nSPS) is 17.9. The van der Waals surface area contributed by atoms with Gasteiger partial charge in [-0.3, -0.25) is 0 Å². The van der Waals surface area contributed by atoms with Gasteiger partial charge < -0.3 is 10.1 Å². The van der Waals surface area contributed by atoms with E-state index >= 15 is 0 Å². The number of nitrogens with one attached hydrogen (secondary N) is 1. The van der Waals surface area contributed by atoms with E-state index < -0.39 is 0 Å². The Bertz CT molecular complexity index is 599. The number of hydrogen-bond acceptors (Lipinski definition) is 2. The highest BCUT2D eigenvalue weighted by Crippen LogP contribution is 2.37. The average molecular weight is 267 g/mol. The van der Waals surface area contributed by atoms with Crippen LogP contribution in [0.4, 0.5) is 5.69 Å². The smallest absolute Gasteiger partial charge is 0.142 e. The maximum atomic E-state index is 5.90. The molecule has 1 N–H and O–H groups in total. The van der Waals surface area contributed by atoms with Crippen LogP contribution in [0.25, 0.3) is 0 Å². The standard InChI is InChI=1S/C18H21NO/c1-18(2,3)14-9-10-17-15(11-14)19-16(12-20-17)13-7-5-4-6-8-13/h4-11,16,19H,12H2,1-3H3/t16-/m1/s1. The lowest BCUT2D eigenvalue weighted by Gasteiger charge is -2.29. The Morgan fingerprint density at radius 3 is 2.50 bits per heavy atom. The molecule has 20 heavy (non-hydrogen) atoms. The molecule has 1 atom stereocenters. The van der Waals surface area contributed by atoms with Crippen molar-refractivity contribution in [2.24, 2.45) is 0 Å². The van der Waals surface area contributed by atoms with Crippen molar-refractivity contribution in [2.45, 2.75) is 32.2 Å². The number of anilines is 1. The lowest BCUT2D eigenvalue weighted by molar-refractivity contribution is 0.286. The summed E-state index contributed by atoms with van der Waals surface area (Å²) in [7, 11) is 0. The van der Waals surface area contributed by atoms with Crippen LogP contribution in [0.2, 0.25) is 0 Å². The lowest BCUT2D eigenvalue weighted by Crippen LogP contribution is -2.24. The fraction of sp³-hybridized carbons (Fsp3) is 0.333. The first-order chi connectivity index (χ1) is 9.54. The first kappa shape index (κ1) is 13.0. The third kappa shape index (κ3) is 2.51. The summed E-state index contributed by atoms with van der Waals surface area (Å²) < 4.78 is 5.90. The van der Waals surface area contributed by atoms with E-state index in [0.717, 1.165) is 11.4 Å². The van der Waals surface area contributed by atoms with E-state index in [-0.39, 0.29) is 11.5 Å². The molecule has 0 saturated carbocycles. The summed E-state index contributed by atoms with van der Waals surface area (Å²) in [5, 5.41) is 3.60. The molecule has 0 radical (unpaired) electrons. The van der Waals surface area contributed by atoms with E-state index in [1.165, 1.54) is 11.1 Å². The van der Waals surface area contributed by atoms with E-state index in [2.05, 4.69) is 68.6 Å². The third-order valence-corrected chi connectivity index (χ3v) is 3.78. The fourth-order valence-corrected chi connectivity index (χ4v) is 2.50. The van der Waals surface area contributed by atoms with Gasteiger partial charge in [0.1, 0.15) is 12.4 Å². The maximum Gasteiger partial charge on any atom is 0.142 e. The molecule has 1 heterocycles. The van der Waals surface area contributed by atoms with Gasteiger partial charge in [0.15, 0.2) is 0 Å². The van der Waals surface area contributed by atoms with E-state index in [0.29, 0.717) is 6.61 Å². The number of fused-ring (bicyclic) bond motifs is 1. The fourth-order valence-electron chi connectivity index (χ4n) is 2.50. The molecule has 1 aliphatic heterocycles. The van der Waals surface area contributed by atoms with Crippen molar-refractivity contribution in [3.8, 4) is 5.75 Å². The van der Waals surface area contributed by atoms with Crippen molar-refractivity contribution in [2.75, 3.05) is 11.9 Å². The van der Waals surface area contributed by atoms with Crippen LogP contribution in [0.5, 0.6) is 5.75 Å². The Morgan fingerprint density at radius 2 is 1.80 bits per heavy atom. The topological polar surface area (TPSA) is 21.3 Å². The highest BCUT2D eigenvalue weighted by molar-refractivity contribution is 5.61. The predicted octanol–water partition coefficient (Wildman–Crippen LogP) is 4.53. The summed E-state index contributed by atoms with van der Waals surface area (Å²) in [6.07, 6.45) is 0. The molecule has 2 aromatic carbocycles. The van der Waals surface area contributed by atoms with Gasteiger partial charge in [0.2, 0.25) is 0 Å². The van der Waals surface area contributed by atoms with Crippen LogP contribution in [0, 0.1) is 0 Å². The minimum absolute atomic E-state index is 0.149. The minimum atomic E-state index is 0.149. The van der Waals surface area contributed by atoms with Crippen LogP contribution in [-0.2, 0) is 5.41 Å². The third-order valence-electron chi connectivity index (χ3n) is 3.78. The second-order valence-electron chi connectivity index (χ2n) is 6.38. The summed E-state index contributed by atoms with van der Waals surface area (Å²) in [4.78, 5) is 0. The SMILES string of the molecule is CC(C)(C)c1ccc2c(c1)N[C@@H](c1ccccc1)CO2. The van der Waals surface area contributed by atoms with Gasteiger partial charge in [-0.15, -0.1) is 0 Å². The van der Waals surface area contributed by atoms with Crippen molar-refractivity contribution in [3.63, 3.8) is 0 Å². The highest BCUT2D eigenvalue weighted by atomic mass is 16.5. The summed E-state index contributed by atoms with van der Waals surface area (Å²) in [6, 6.07) is 17.1. The summed E-state index contributed by atoms with van der Waals surface area (Å²) >= 11 is 0. The molecule has 3 rings (SSSR count). The Labute approximate surface area is 120 Å². The highest BCUT2D eigenvalue weighted by Gasteiger charge is 2.22. The molecule has 1 aliphatic rings.